The normalized spacial score (nSPS) is 15.9. The van der Waals surface area contributed by atoms with E-state index in [2.05, 4.69) is 0 Å². The van der Waals surface area contributed by atoms with Crippen LogP contribution in [0, 0.1) is 0 Å². The number of hydrogen-bond acceptors (Lipinski definition) is 1. The first-order valence-corrected chi connectivity index (χ1v) is 4.84. The molecule has 16 heavy (non-hydrogen) atoms. The summed E-state index contributed by atoms with van der Waals surface area (Å²) in [6, 6.07) is 5.23. The molecule has 0 heterocycles. The summed E-state index contributed by atoms with van der Waals surface area (Å²) >= 11 is 0. The van der Waals surface area contributed by atoms with E-state index in [4.69, 9.17) is 5.73 Å². The summed E-state index contributed by atoms with van der Waals surface area (Å²) in [4.78, 5) is 0. The molecule has 0 saturated carbocycles. The number of hydrogen-bond donors (Lipinski definition) is 1. The van der Waals surface area contributed by atoms with Crippen LogP contribution in [0.1, 0.15) is 18.1 Å². The predicted octanol–water partition coefficient (Wildman–Crippen LogP) is 2.93. The standard InChI is InChI=1S/C11H13F4N/c1-10(12,11(13,14)15)9-4-2-8(3-5-9)6-7-16/h2-5H,6-7,16H2,1H3. The molecule has 0 saturated heterocycles. The minimum Gasteiger partial charge on any atom is -0.330 e. The lowest BCUT2D eigenvalue weighted by atomic mass is 9.96. The molecule has 1 atom stereocenters. The van der Waals surface area contributed by atoms with Gasteiger partial charge in [-0.1, -0.05) is 24.3 Å². The maximum atomic E-state index is 13.5. The summed E-state index contributed by atoms with van der Waals surface area (Å²) in [6.45, 7) is 0.927. The van der Waals surface area contributed by atoms with Crippen molar-refractivity contribution < 1.29 is 17.6 Å². The van der Waals surface area contributed by atoms with Crippen LogP contribution in [-0.4, -0.2) is 12.7 Å². The van der Waals surface area contributed by atoms with Gasteiger partial charge >= 0.3 is 6.18 Å². The van der Waals surface area contributed by atoms with Crippen LogP contribution >= 0.6 is 0 Å². The van der Waals surface area contributed by atoms with E-state index in [9.17, 15) is 17.6 Å². The van der Waals surface area contributed by atoms with Crippen LogP contribution in [0.15, 0.2) is 24.3 Å². The van der Waals surface area contributed by atoms with Gasteiger partial charge in [0.2, 0.25) is 5.67 Å². The molecule has 0 aliphatic rings. The molecule has 0 radical (unpaired) electrons. The average Bonchev–Trinajstić information content (AvgIpc) is 2.17. The third-order valence-corrected chi connectivity index (χ3v) is 2.46. The van der Waals surface area contributed by atoms with E-state index in [1.54, 1.807) is 0 Å². The fourth-order valence-corrected chi connectivity index (χ4v) is 1.31. The van der Waals surface area contributed by atoms with Gasteiger partial charge in [0.05, 0.1) is 0 Å². The van der Waals surface area contributed by atoms with Crippen LogP contribution in [0.2, 0.25) is 0 Å². The zero-order valence-corrected chi connectivity index (χ0v) is 8.81. The number of rotatable bonds is 3. The van der Waals surface area contributed by atoms with Crippen molar-refractivity contribution in [3.05, 3.63) is 35.4 Å². The van der Waals surface area contributed by atoms with Crippen LogP contribution in [0.3, 0.4) is 0 Å². The van der Waals surface area contributed by atoms with Crippen molar-refractivity contribution in [3.8, 4) is 0 Å². The number of halogens is 4. The maximum absolute atomic E-state index is 13.5. The third-order valence-electron chi connectivity index (χ3n) is 2.46. The molecule has 1 rings (SSSR count). The molecule has 1 nitrogen and oxygen atoms in total. The molecule has 0 aliphatic heterocycles. The second-order valence-corrected chi connectivity index (χ2v) is 3.74. The first-order valence-electron chi connectivity index (χ1n) is 4.84. The smallest absolute Gasteiger partial charge is 0.330 e. The highest BCUT2D eigenvalue weighted by Gasteiger charge is 2.53. The highest BCUT2D eigenvalue weighted by atomic mass is 19.4. The van der Waals surface area contributed by atoms with Crippen molar-refractivity contribution in [2.24, 2.45) is 5.73 Å². The summed E-state index contributed by atoms with van der Waals surface area (Å²) in [7, 11) is 0. The Hall–Kier alpha value is -1.10. The zero-order valence-electron chi connectivity index (χ0n) is 8.81. The monoisotopic (exact) mass is 235 g/mol. The second kappa shape index (κ2) is 4.41. The molecular weight excluding hydrogens is 222 g/mol. The molecule has 0 fully saturated rings. The third kappa shape index (κ3) is 2.52. The molecule has 1 aromatic carbocycles. The van der Waals surface area contributed by atoms with E-state index >= 15 is 0 Å². The van der Waals surface area contributed by atoms with Gasteiger partial charge in [-0.15, -0.1) is 0 Å². The van der Waals surface area contributed by atoms with Gasteiger partial charge in [0, 0.05) is 0 Å². The lowest BCUT2D eigenvalue weighted by molar-refractivity contribution is -0.228. The van der Waals surface area contributed by atoms with E-state index in [1.807, 2.05) is 0 Å². The van der Waals surface area contributed by atoms with Gasteiger partial charge in [-0.2, -0.15) is 13.2 Å². The molecule has 1 aromatic rings. The van der Waals surface area contributed by atoms with Gasteiger partial charge in [0.25, 0.3) is 0 Å². The van der Waals surface area contributed by atoms with Gasteiger partial charge < -0.3 is 5.73 Å². The molecule has 0 bridgehead atoms. The fourth-order valence-electron chi connectivity index (χ4n) is 1.31. The summed E-state index contributed by atoms with van der Waals surface area (Å²) in [5.41, 5.74) is 2.40. The Morgan fingerprint density at radius 3 is 1.94 bits per heavy atom. The minimum atomic E-state index is -4.90. The molecule has 5 heteroatoms. The number of nitrogens with two attached hydrogens (primary N) is 1. The molecular formula is C11H13F4N. The van der Waals surface area contributed by atoms with Crippen LogP contribution in [-0.2, 0) is 12.1 Å². The topological polar surface area (TPSA) is 26.0 Å². The summed E-state index contributed by atoms with van der Waals surface area (Å²) in [6.07, 6.45) is -4.34. The molecule has 90 valence electrons. The Balaban J connectivity index is 2.97. The van der Waals surface area contributed by atoms with Crippen molar-refractivity contribution in [2.75, 3.05) is 6.54 Å². The maximum Gasteiger partial charge on any atom is 0.426 e. The highest BCUT2D eigenvalue weighted by molar-refractivity contribution is 5.28. The van der Waals surface area contributed by atoms with Crippen molar-refractivity contribution in [2.45, 2.75) is 25.2 Å². The summed E-state index contributed by atoms with van der Waals surface area (Å²) < 4.78 is 50.6. The molecule has 2 N–H and O–H groups in total. The lowest BCUT2D eigenvalue weighted by Gasteiger charge is -2.24. The average molecular weight is 235 g/mol. The summed E-state index contributed by atoms with van der Waals surface area (Å²) in [5.74, 6) is 0. The Morgan fingerprint density at radius 2 is 1.56 bits per heavy atom. The fraction of sp³-hybridized carbons (Fsp3) is 0.455. The largest absolute Gasteiger partial charge is 0.426 e. The number of alkyl halides is 4. The van der Waals surface area contributed by atoms with Gasteiger partial charge in [-0.25, -0.2) is 4.39 Å². The van der Waals surface area contributed by atoms with Gasteiger partial charge in [-0.3, -0.25) is 0 Å². The van der Waals surface area contributed by atoms with Crippen molar-refractivity contribution >= 4 is 0 Å². The first kappa shape index (κ1) is 13.0. The zero-order chi connectivity index (χ0) is 12.4. The Bertz CT molecular complexity index is 340. The molecule has 1 unspecified atom stereocenters. The lowest BCUT2D eigenvalue weighted by Crippen LogP contribution is -2.34. The van der Waals surface area contributed by atoms with Crippen LogP contribution in [0.4, 0.5) is 17.6 Å². The van der Waals surface area contributed by atoms with Crippen molar-refractivity contribution in [1.29, 1.82) is 0 Å². The van der Waals surface area contributed by atoms with Crippen LogP contribution < -0.4 is 5.73 Å². The van der Waals surface area contributed by atoms with Crippen LogP contribution in [0.25, 0.3) is 0 Å². The Kier molecular flexibility index (Phi) is 3.57. The molecule has 0 spiro atoms. The first-order chi connectivity index (χ1) is 7.29. The molecule has 0 amide bonds. The Morgan fingerprint density at radius 1 is 1.06 bits per heavy atom. The van der Waals surface area contributed by atoms with E-state index < -0.39 is 11.8 Å². The predicted molar refractivity (Wildman–Crippen MR) is 53.7 cm³/mol. The van der Waals surface area contributed by atoms with Crippen molar-refractivity contribution in [1.82, 2.24) is 0 Å². The van der Waals surface area contributed by atoms with Gasteiger partial charge in [-0.05, 0) is 31.0 Å². The van der Waals surface area contributed by atoms with Crippen molar-refractivity contribution in [3.63, 3.8) is 0 Å². The Labute approximate surface area is 91.3 Å². The van der Waals surface area contributed by atoms with E-state index in [1.165, 1.54) is 12.1 Å². The molecule has 0 aliphatic carbocycles. The van der Waals surface area contributed by atoms with Gasteiger partial charge in [0.1, 0.15) is 0 Å². The molecule has 0 aromatic heterocycles. The van der Waals surface area contributed by atoms with Crippen LogP contribution in [0.5, 0.6) is 0 Å². The van der Waals surface area contributed by atoms with Gasteiger partial charge in [0.15, 0.2) is 0 Å². The quantitative estimate of drug-likeness (QED) is 0.801. The van der Waals surface area contributed by atoms with E-state index in [-0.39, 0.29) is 5.56 Å². The SMILES string of the molecule is CC(F)(c1ccc(CCN)cc1)C(F)(F)F. The second-order valence-electron chi connectivity index (χ2n) is 3.74. The minimum absolute atomic E-state index is 0.388. The van der Waals surface area contributed by atoms with E-state index in [0.717, 1.165) is 17.7 Å². The van der Waals surface area contributed by atoms with E-state index in [0.29, 0.717) is 19.9 Å². The number of benzene rings is 1. The summed E-state index contributed by atoms with van der Waals surface area (Å²) in [5, 5.41) is 0. The highest BCUT2D eigenvalue weighted by Crippen LogP contribution is 2.41.